The van der Waals surface area contributed by atoms with E-state index in [9.17, 15) is 9.59 Å². The maximum Gasteiger partial charge on any atom is 0.244 e. The van der Waals surface area contributed by atoms with Gasteiger partial charge in [0.25, 0.3) is 0 Å². The Morgan fingerprint density at radius 1 is 1.17 bits per heavy atom. The Morgan fingerprint density at radius 3 is 2.71 bits per heavy atom. The Bertz CT molecular complexity index is 596. The van der Waals surface area contributed by atoms with Crippen LogP contribution in [0.2, 0.25) is 0 Å². The number of carbonyl (C=O) groups is 2. The van der Waals surface area contributed by atoms with Gasteiger partial charge in [0.1, 0.15) is 0 Å². The van der Waals surface area contributed by atoms with Gasteiger partial charge in [0.05, 0.1) is 6.54 Å². The summed E-state index contributed by atoms with van der Waals surface area (Å²) in [7, 11) is 0. The SMILES string of the molecule is O=C(/C=C/c1ccccc1)NCC(=O)NC1CCN(CC2CC2)C1. The van der Waals surface area contributed by atoms with Gasteiger partial charge in [0.15, 0.2) is 0 Å². The molecule has 2 fully saturated rings. The number of benzene rings is 1. The van der Waals surface area contributed by atoms with Crippen LogP contribution in [0.5, 0.6) is 0 Å². The van der Waals surface area contributed by atoms with Crippen LogP contribution in [0.4, 0.5) is 0 Å². The van der Waals surface area contributed by atoms with Crippen molar-refractivity contribution in [1.82, 2.24) is 15.5 Å². The Hall–Kier alpha value is -2.14. The number of likely N-dealkylation sites (tertiary alicyclic amines) is 1. The summed E-state index contributed by atoms with van der Waals surface area (Å²) >= 11 is 0. The molecule has 5 heteroatoms. The zero-order valence-electron chi connectivity index (χ0n) is 13.9. The van der Waals surface area contributed by atoms with Gasteiger partial charge in [-0.05, 0) is 36.8 Å². The predicted molar refractivity (Wildman–Crippen MR) is 94.2 cm³/mol. The van der Waals surface area contributed by atoms with Crippen LogP contribution >= 0.6 is 0 Å². The topological polar surface area (TPSA) is 61.4 Å². The lowest BCUT2D eigenvalue weighted by atomic mass is 10.2. The third-order valence-electron chi connectivity index (χ3n) is 4.50. The van der Waals surface area contributed by atoms with Crippen LogP contribution in [-0.4, -0.2) is 48.9 Å². The van der Waals surface area contributed by atoms with Crippen molar-refractivity contribution in [3.63, 3.8) is 0 Å². The molecule has 2 aliphatic rings. The monoisotopic (exact) mass is 327 g/mol. The van der Waals surface area contributed by atoms with Crippen molar-refractivity contribution in [3.05, 3.63) is 42.0 Å². The summed E-state index contributed by atoms with van der Waals surface area (Å²) in [6.45, 7) is 3.20. The molecule has 1 aromatic carbocycles. The second kappa shape index (κ2) is 8.11. The number of carbonyl (C=O) groups excluding carboxylic acids is 2. The van der Waals surface area contributed by atoms with Crippen LogP contribution in [-0.2, 0) is 9.59 Å². The van der Waals surface area contributed by atoms with E-state index in [-0.39, 0.29) is 24.4 Å². The van der Waals surface area contributed by atoms with Crippen LogP contribution < -0.4 is 10.6 Å². The molecule has 0 aromatic heterocycles. The minimum absolute atomic E-state index is 0.0249. The van der Waals surface area contributed by atoms with Gasteiger partial charge in [-0.1, -0.05) is 30.3 Å². The summed E-state index contributed by atoms with van der Waals surface area (Å²) in [5, 5.41) is 5.64. The molecule has 1 aliphatic carbocycles. The van der Waals surface area contributed by atoms with Gasteiger partial charge in [0.2, 0.25) is 11.8 Å². The Labute approximate surface area is 143 Å². The quantitative estimate of drug-likeness (QED) is 0.745. The molecule has 1 aromatic rings. The molecular formula is C19H25N3O2. The summed E-state index contributed by atoms with van der Waals surface area (Å²) in [4.78, 5) is 26.1. The third-order valence-corrected chi connectivity index (χ3v) is 4.50. The molecule has 0 spiro atoms. The average molecular weight is 327 g/mol. The first-order valence-electron chi connectivity index (χ1n) is 8.72. The van der Waals surface area contributed by atoms with Crippen molar-refractivity contribution in [1.29, 1.82) is 0 Å². The second-order valence-electron chi connectivity index (χ2n) is 6.72. The smallest absolute Gasteiger partial charge is 0.244 e. The van der Waals surface area contributed by atoms with Gasteiger partial charge in [-0.3, -0.25) is 9.59 Å². The fourth-order valence-corrected chi connectivity index (χ4v) is 3.02. The average Bonchev–Trinajstić information content (AvgIpc) is 3.30. The summed E-state index contributed by atoms with van der Waals surface area (Å²) < 4.78 is 0. The molecule has 2 N–H and O–H groups in total. The van der Waals surface area contributed by atoms with E-state index in [4.69, 9.17) is 0 Å². The molecule has 0 bridgehead atoms. The standard InChI is InChI=1S/C19H25N3O2/c23-18(9-8-15-4-2-1-3-5-15)20-12-19(24)21-17-10-11-22(14-17)13-16-6-7-16/h1-5,8-9,16-17H,6-7,10-14H2,(H,20,23)(H,21,24)/b9-8+. The van der Waals surface area contributed by atoms with Crippen molar-refractivity contribution >= 4 is 17.9 Å². The highest BCUT2D eigenvalue weighted by atomic mass is 16.2. The summed E-state index contributed by atoms with van der Waals surface area (Å²) in [5.41, 5.74) is 0.957. The van der Waals surface area contributed by atoms with Gasteiger partial charge in [-0.2, -0.15) is 0 Å². The lowest BCUT2D eigenvalue weighted by Crippen LogP contribution is -2.42. The van der Waals surface area contributed by atoms with Gasteiger partial charge < -0.3 is 15.5 Å². The highest BCUT2D eigenvalue weighted by molar-refractivity contribution is 5.94. The van der Waals surface area contributed by atoms with Crippen LogP contribution in [0.15, 0.2) is 36.4 Å². The van der Waals surface area contributed by atoms with Crippen LogP contribution in [0.1, 0.15) is 24.8 Å². The van der Waals surface area contributed by atoms with Gasteiger partial charge in [-0.15, -0.1) is 0 Å². The number of rotatable bonds is 7. The summed E-state index contributed by atoms with van der Waals surface area (Å²) in [5.74, 6) is 0.514. The van der Waals surface area contributed by atoms with E-state index >= 15 is 0 Å². The highest BCUT2D eigenvalue weighted by Gasteiger charge is 2.29. The van der Waals surface area contributed by atoms with Crippen LogP contribution in [0, 0.1) is 5.92 Å². The van der Waals surface area contributed by atoms with E-state index in [1.165, 1.54) is 25.5 Å². The molecular weight excluding hydrogens is 302 g/mol. The van der Waals surface area contributed by atoms with Gasteiger partial charge in [-0.25, -0.2) is 0 Å². The molecule has 1 aliphatic heterocycles. The Balaban J connectivity index is 1.33. The maximum atomic E-state index is 12.0. The zero-order valence-corrected chi connectivity index (χ0v) is 13.9. The molecule has 24 heavy (non-hydrogen) atoms. The van der Waals surface area contributed by atoms with Gasteiger partial charge >= 0.3 is 0 Å². The Kier molecular flexibility index (Phi) is 5.64. The molecule has 5 nitrogen and oxygen atoms in total. The molecule has 1 saturated carbocycles. The van der Waals surface area contributed by atoms with E-state index < -0.39 is 0 Å². The van der Waals surface area contributed by atoms with Gasteiger partial charge in [0, 0.05) is 31.8 Å². The first-order chi connectivity index (χ1) is 11.7. The van der Waals surface area contributed by atoms with Crippen LogP contribution in [0.25, 0.3) is 6.08 Å². The third kappa shape index (κ3) is 5.49. The van der Waals surface area contributed by atoms with E-state index in [2.05, 4.69) is 15.5 Å². The minimum Gasteiger partial charge on any atom is -0.350 e. The lowest BCUT2D eigenvalue weighted by Gasteiger charge is -2.16. The maximum absolute atomic E-state index is 12.0. The molecule has 1 atom stereocenters. The van der Waals surface area contributed by atoms with Crippen LogP contribution in [0.3, 0.4) is 0 Å². The number of hydrogen-bond donors (Lipinski definition) is 2. The van der Waals surface area contributed by atoms with Crippen molar-refractivity contribution in [2.45, 2.75) is 25.3 Å². The van der Waals surface area contributed by atoms with Crippen molar-refractivity contribution in [2.24, 2.45) is 5.92 Å². The molecule has 1 heterocycles. The largest absolute Gasteiger partial charge is 0.350 e. The molecule has 128 valence electrons. The van der Waals surface area contributed by atoms with E-state index in [1.807, 2.05) is 30.3 Å². The fourth-order valence-electron chi connectivity index (χ4n) is 3.02. The van der Waals surface area contributed by atoms with Crippen molar-refractivity contribution < 1.29 is 9.59 Å². The molecule has 0 radical (unpaired) electrons. The fraction of sp³-hybridized carbons (Fsp3) is 0.474. The first-order valence-corrected chi connectivity index (χ1v) is 8.72. The van der Waals surface area contributed by atoms with E-state index in [1.54, 1.807) is 6.08 Å². The molecule has 1 unspecified atom stereocenters. The lowest BCUT2D eigenvalue weighted by molar-refractivity contribution is -0.124. The zero-order chi connectivity index (χ0) is 16.8. The first kappa shape index (κ1) is 16.7. The van der Waals surface area contributed by atoms with Crippen molar-refractivity contribution in [2.75, 3.05) is 26.2 Å². The molecule has 3 rings (SSSR count). The predicted octanol–water partition coefficient (Wildman–Crippen LogP) is 1.42. The minimum atomic E-state index is -0.254. The second-order valence-corrected chi connectivity index (χ2v) is 6.72. The molecule has 2 amide bonds. The number of amides is 2. The van der Waals surface area contributed by atoms with Crippen molar-refractivity contribution in [3.8, 4) is 0 Å². The summed E-state index contributed by atoms with van der Waals surface area (Å²) in [6, 6.07) is 9.82. The number of hydrogen-bond acceptors (Lipinski definition) is 3. The Morgan fingerprint density at radius 2 is 1.96 bits per heavy atom. The normalized spacial score (nSPS) is 21.1. The summed E-state index contributed by atoms with van der Waals surface area (Å²) in [6.07, 6.45) is 6.90. The van der Waals surface area contributed by atoms with E-state index in [0.717, 1.165) is 31.0 Å². The number of nitrogens with one attached hydrogen (secondary N) is 2. The van der Waals surface area contributed by atoms with E-state index in [0.29, 0.717) is 0 Å². The highest BCUT2D eigenvalue weighted by Crippen LogP contribution is 2.30. The molecule has 1 saturated heterocycles. The number of nitrogens with zero attached hydrogens (tertiary/aromatic N) is 1.